The first-order valence-corrected chi connectivity index (χ1v) is 8.04. The lowest BCUT2D eigenvalue weighted by Crippen LogP contribution is -2.38. The molecule has 0 amide bonds. The van der Waals surface area contributed by atoms with Crippen LogP contribution in [0.25, 0.3) is 0 Å². The Labute approximate surface area is 131 Å². The topological polar surface area (TPSA) is 38.7 Å². The summed E-state index contributed by atoms with van der Waals surface area (Å²) in [6, 6.07) is 0. The van der Waals surface area contributed by atoms with E-state index >= 15 is 0 Å². The molecule has 1 N–H and O–H groups in total. The Balaban J connectivity index is 4.13. The molecule has 0 saturated carbocycles. The maximum atomic E-state index is 9.88. The monoisotopic (exact) mass is 300 g/mol. The normalized spacial score (nSPS) is 14.5. The fraction of sp³-hybridized carbons (Fsp3) is 0.889. The predicted molar refractivity (Wildman–Crippen MR) is 89.6 cm³/mol. The summed E-state index contributed by atoms with van der Waals surface area (Å²) in [6.45, 7) is 19.3. The third-order valence-corrected chi connectivity index (χ3v) is 3.37. The molecule has 0 rings (SSSR count). The maximum absolute atomic E-state index is 9.88. The van der Waals surface area contributed by atoms with Crippen molar-refractivity contribution in [3.63, 3.8) is 0 Å². The van der Waals surface area contributed by atoms with Crippen molar-refractivity contribution in [2.75, 3.05) is 13.2 Å². The average Bonchev–Trinajstić information content (AvgIpc) is 2.32. The molecule has 0 spiro atoms. The van der Waals surface area contributed by atoms with E-state index in [0.717, 1.165) is 19.3 Å². The molecule has 1 unspecified atom stereocenters. The lowest BCUT2D eigenvalue weighted by molar-refractivity contribution is -0.135. The largest absolute Gasteiger partial charge is 0.391 e. The number of hydrogen-bond donors (Lipinski definition) is 1. The maximum Gasteiger partial charge on any atom is 0.0860 e. The van der Waals surface area contributed by atoms with Gasteiger partial charge in [-0.25, -0.2) is 0 Å². The molecule has 0 fully saturated rings. The van der Waals surface area contributed by atoms with E-state index in [9.17, 15) is 5.11 Å². The van der Waals surface area contributed by atoms with E-state index in [1.54, 1.807) is 0 Å². The first-order chi connectivity index (χ1) is 9.43. The fourth-order valence-electron chi connectivity index (χ4n) is 1.93. The van der Waals surface area contributed by atoms with Crippen LogP contribution < -0.4 is 0 Å². The highest BCUT2D eigenvalue weighted by atomic mass is 16.6. The quantitative estimate of drug-likeness (QED) is 0.577. The molecule has 21 heavy (non-hydrogen) atoms. The molecule has 0 aliphatic heterocycles. The minimum absolute atomic E-state index is 0.184. The second-order valence-electron chi connectivity index (χ2n) is 7.86. The molecule has 0 aliphatic carbocycles. The number of aliphatic hydroxyl groups excluding tert-OH is 1. The van der Waals surface area contributed by atoms with Crippen LogP contribution in [0, 0.1) is 5.92 Å². The molecule has 0 aliphatic rings. The summed E-state index contributed by atoms with van der Waals surface area (Å²) in [5, 5.41) is 9.88. The second kappa shape index (κ2) is 8.92. The van der Waals surface area contributed by atoms with Crippen LogP contribution in [0.15, 0.2) is 12.2 Å². The molecule has 3 heteroatoms. The Kier molecular flexibility index (Phi) is 8.76. The number of ether oxygens (including phenoxy) is 2. The first-order valence-electron chi connectivity index (χ1n) is 8.04. The molecule has 0 aromatic heterocycles. The van der Waals surface area contributed by atoms with Crippen molar-refractivity contribution >= 4 is 0 Å². The van der Waals surface area contributed by atoms with E-state index in [1.807, 2.05) is 20.8 Å². The van der Waals surface area contributed by atoms with Crippen LogP contribution in [0.4, 0.5) is 0 Å². The predicted octanol–water partition coefficient (Wildman–Crippen LogP) is 4.34. The van der Waals surface area contributed by atoms with Crippen molar-refractivity contribution in [2.24, 2.45) is 5.92 Å². The van der Waals surface area contributed by atoms with Gasteiger partial charge in [0.1, 0.15) is 0 Å². The molecule has 0 heterocycles. The minimum atomic E-state index is -0.402. The van der Waals surface area contributed by atoms with E-state index in [4.69, 9.17) is 9.47 Å². The number of allylic oxidation sites excluding steroid dienone is 1. The van der Waals surface area contributed by atoms with Gasteiger partial charge in [-0.3, -0.25) is 0 Å². The van der Waals surface area contributed by atoms with Crippen molar-refractivity contribution in [1.82, 2.24) is 0 Å². The molecule has 0 radical (unpaired) electrons. The summed E-state index contributed by atoms with van der Waals surface area (Å²) in [7, 11) is 0. The summed E-state index contributed by atoms with van der Waals surface area (Å²) in [4.78, 5) is 0. The summed E-state index contributed by atoms with van der Waals surface area (Å²) in [5.74, 6) is 0.476. The molecule has 126 valence electrons. The Morgan fingerprint density at radius 3 is 2.14 bits per heavy atom. The van der Waals surface area contributed by atoms with Gasteiger partial charge in [0.15, 0.2) is 0 Å². The lowest BCUT2D eigenvalue weighted by Gasteiger charge is -2.33. The van der Waals surface area contributed by atoms with E-state index in [-0.39, 0.29) is 5.60 Å². The fourth-order valence-corrected chi connectivity index (χ4v) is 1.93. The Hall–Kier alpha value is -0.380. The van der Waals surface area contributed by atoms with Crippen LogP contribution in [-0.4, -0.2) is 35.6 Å². The van der Waals surface area contributed by atoms with E-state index in [2.05, 4.69) is 34.3 Å². The third kappa shape index (κ3) is 11.9. The number of aliphatic hydroxyl groups is 1. The zero-order valence-electron chi connectivity index (χ0n) is 15.2. The van der Waals surface area contributed by atoms with Crippen LogP contribution in [0.3, 0.4) is 0 Å². The van der Waals surface area contributed by atoms with Crippen LogP contribution in [0.1, 0.15) is 67.7 Å². The van der Waals surface area contributed by atoms with Crippen molar-refractivity contribution in [1.29, 1.82) is 0 Å². The van der Waals surface area contributed by atoms with E-state index in [0.29, 0.717) is 19.1 Å². The Bertz CT molecular complexity index is 306. The lowest BCUT2D eigenvalue weighted by atomic mass is 9.99. The van der Waals surface area contributed by atoms with Gasteiger partial charge in [-0.1, -0.05) is 19.4 Å². The van der Waals surface area contributed by atoms with Crippen molar-refractivity contribution in [3.05, 3.63) is 12.2 Å². The molecule has 1 atom stereocenters. The average molecular weight is 300 g/mol. The smallest absolute Gasteiger partial charge is 0.0860 e. The van der Waals surface area contributed by atoms with Crippen LogP contribution >= 0.6 is 0 Å². The summed E-state index contributed by atoms with van der Waals surface area (Å²) in [5.41, 5.74) is 0.605. The van der Waals surface area contributed by atoms with Gasteiger partial charge in [-0.05, 0) is 59.8 Å². The highest BCUT2D eigenvalue weighted by Gasteiger charge is 2.26. The zero-order valence-corrected chi connectivity index (χ0v) is 15.2. The number of hydrogen-bond acceptors (Lipinski definition) is 3. The van der Waals surface area contributed by atoms with Crippen molar-refractivity contribution < 1.29 is 14.6 Å². The highest BCUT2D eigenvalue weighted by molar-refractivity contribution is 4.90. The molecule has 3 nitrogen and oxygen atoms in total. The SMILES string of the molecule is C=C(C)CCC(C)(C)OCC(C)(C)OCC(O)CC(C)C. The second-order valence-corrected chi connectivity index (χ2v) is 7.86. The minimum Gasteiger partial charge on any atom is -0.391 e. The van der Waals surface area contributed by atoms with Gasteiger partial charge >= 0.3 is 0 Å². The molecular formula is C18H36O3. The summed E-state index contributed by atoms with van der Waals surface area (Å²) < 4.78 is 11.8. The Morgan fingerprint density at radius 1 is 1.10 bits per heavy atom. The molecule has 0 aromatic rings. The molecule has 0 aromatic carbocycles. The molecule has 0 saturated heterocycles. The van der Waals surface area contributed by atoms with Gasteiger partial charge in [0.25, 0.3) is 0 Å². The van der Waals surface area contributed by atoms with Crippen LogP contribution in [0.5, 0.6) is 0 Å². The third-order valence-electron chi connectivity index (χ3n) is 3.37. The highest BCUT2D eigenvalue weighted by Crippen LogP contribution is 2.22. The van der Waals surface area contributed by atoms with E-state index in [1.165, 1.54) is 5.57 Å². The first kappa shape index (κ1) is 20.6. The van der Waals surface area contributed by atoms with E-state index < -0.39 is 11.7 Å². The van der Waals surface area contributed by atoms with Crippen molar-refractivity contribution in [2.45, 2.75) is 85.0 Å². The van der Waals surface area contributed by atoms with Gasteiger partial charge in [-0.2, -0.15) is 0 Å². The molecular weight excluding hydrogens is 264 g/mol. The molecule has 0 bridgehead atoms. The zero-order chi connectivity index (χ0) is 16.7. The van der Waals surface area contributed by atoms with Gasteiger partial charge < -0.3 is 14.6 Å². The summed E-state index contributed by atoms with van der Waals surface area (Å²) >= 11 is 0. The van der Waals surface area contributed by atoms with Gasteiger partial charge in [0.2, 0.25) is 0 Å². The number of rotatable bonds is 11. The van der Waals surface area contributed by atoms with Crippen molar-refractivity contribution in [3.8, 4) is 0 Å². The standard InChI is InChI=1S/C18H36O3/c1-14(2)9-10-17(5,6)21-13-18(7,8)20-12-16(19)11-15(3)4/h15-16,19H,1,9-13H2,2-8H3. The summed E-state index contributed by atoms with van der Waals surface area (Å²) in [6.07, 6.45) is 2.29. The van der Waals surface area contributed by atoms with Crippen LogP contribution in [0.2, 0.25) is 0 Å². The van der Waals surface area contributed by atoms with Gasteiger partial charge in [-0.15, -0.1) is 6.58 Å². The van der Waals surface area contributed by atoms with Gasteiger partial charge in [0.05, 0.1) is 30.5 Å². The van der Waals surface area contributed by atoms with Crippen LogP contribution in [-0.2, 0) is 9.47 Å². The van der Waals surface area contributed by atoms with Gasteiger partial charge in [0, 0.05) is 0 Å². The Morgan fingerprint density at radius 2 is 1.67 bits per heavy atom.